The van der Waals surface area contributed by atoms with Gasteiger partial charge >= 0.3 is 0 Å². The smallest absolute Gasteiger partial charge is 0.212 e. The molecule has 1 aromatic rings. The Morgan fingerprint density at radius 2 is 2.15 bits per heavy atom. The lowest BCUT2D eigenvalue weighted by Gasteiger charge is -2.36. The molecular formula is C19H24N2O4S. The number of nitriles is 1. The summed E-state index contributed by atoms with van der Waals surface area (Å²) in [5.74, 6) is 0.758. The summed E-state index contributed by atoms with van der Waals surface area (Å²) in [7, 11) is -3.58. The molecule has 7 heteroatoms. The Balaban J connectivity index is 1.56. The Bertz CT molecular complexity index is 857. The molecule has 1 unspecified atom stereocenters. The summed E-state index contributed by atoms with van der Waals surface area (Å²) in [4.78, 5) is 12.5. The second-order valence-corrected chi connectivity index (χ2v) is 9.62. The maximum Gasteiger partial charge on any atom is 0.212 e. The van der Waals surface area contributed by atoms with Crippen molar-refractivity contribution >= 4 is 15.8 Å². The molecule has 0 aliphatic heterocycles. The molecule has 0 heterocycles. The van der Waals surface area contributed by atoms with Crippen LogP contribution in [0.2, 0.25) is 0 Å². The number of rotatable bonds is 7. The Morgan fingerprint density at radius 3 is 2.77 bits per heavy atom. The number of hydrogen-bond acceptors (Lipinski definition) is 5. The molecule has 2 saturated carbocycles. The number of ketones is 1. The van der Waals surface area contributed by atoms with Crippen LogP contribution in [0.3, 0.4) is 0 Å². The van der Waals surface area contributed by atoms with Gasteiger partial charge in [-0.1, -0.05) is 19.9 Å². The lowest BCUT2D eigenvalue weighted by molar-refractivity contribution is -0.128. The summed E-state index contributed by atoms with van der Waals surface area (Å²) >= 11 is 0. The van der Waals surface area contributed by atoms with E-state index in [9.17, 15) is 13.2 Å². The maximum atomic E-state index is 12.6. The first-order valence-electron chi connectivity index (χ1n) is 8.84. The van der Waals surface area contributed by atoms with Crippen molar-refractivity contribution in [2.75, 3.05) is 18.9 Å². The van der Waals surface area contributed by atoms with Crippen molar-refractivity contribution in [3.8, 4) is 11.8 Å². The number of fused-ring (bicyclic) bond motifs is 2. The van der Waals surface area contributed by atoms with Gasteiger partial charge in [0.2, 0.25) is 10.0 Å². The fourth-order valence-electron chi connectivity index (χ4n) is 4.51. The summed E-state index contributed by atoms with van der Waals surface area (Å²) in [6.07, 6.45) is 2.08. The summed E-state index contributed by atoms with van der Waals surface area (Å²) in [6, 6.07) is 8.72. The van der Waals surface area contributed by atoms with Gasteiger partial charge in [0, 0.05) is 18.4 Å². The topological polar surface area (TPSA) is 96.3 Å². The normalized spacial score (nSPS) is 26.7. The highest BCUT2D eigenvalue weighted by molar-refractivity contribution is 7.89. The maximum absolute atomic E-state index is 12.6. The highest BCUT2D eigenvalue weighted by Gasteiger charge is 2.65. The van der Waals surface area contributed by atoms with Crippen LogP contribution in [0.25, 0.3) is 0 Å². The number of nitrogens with zero attached hydrogens (tertiary/aromatic N) is 1. The first-order valence-corrected chi connectivity index (χ1v) is 10.5. The van der Waals surface area contributed by atoms with Crippen molar-refractivity contribution in [1.29, 1.82) is 5.26 Å². The van der Waals surface area contributed by atoms with Gasteiger partial charge in [-0.25, -0.2) is 13.1 Å². The Labute approximate surface area is 154 Å². The van der Waals surface area contributed by atoms with E-state index in [4.69, 9.17) is 10.00 Å². The molecule has 3 rings (SSSR count). The molecule has 2 fully saturated rings. The van der Waals surface area contributed by atoms with Crippen LogP contribution in [-0.4, -0.2) is 33.1 Å². The van der Waals surface area contributed by atoms with E-state index in [2.05, 4.69) is 4.72 Å². The quantitative estimate of drug-likeness (QED) is 0.736. The van der Waals surface area contributed by atoms with E-state index in [1.54, 1.807) is 24.3 Å². The molecule has 0 spiro atoms. The number of hydrogen-bond donors (Lipinski definition) is 1. The van der Waals surface area contributed by atoms with Crippen molar-refractivity contribution in [3.63, 3.8) is 0 Å². The van der Waals surface area contributed by atoms with Crippen molar-refractivity contribution in [1.82, 2.24) is 4.72 Å². The van der Waals surface area contributed by atoms with Crippen molar-refractivity contribution in [2.24, 2.45) is 16.7 Å². The molecule has 6 nitrogen and oxygen atoms in total. The number of sulfonamides is 1. The third kappa shape index (κ3) is 3.24. The molecule has 2 atom stereocenters. The first-order chi connectivity index (χ1) is 12.2. The molecule has 0 aromatic heterocycles. The largest absolute Gasteiger partial charge is 0.492 e. The van der Waals surface area contributed by atoms with Gasteiger partial charge in [0.1, 0.15) is 18.1 Å². The molecule has 0 radical (unpaired) electrons. The second kappa shape index (κ2) is 6.67. The summed E-state index contributed by atoms with van der Waals surface area (Å²) in [5.41, 5.74) is -0.543. The zero-order valence-electron chi connectivity index (χ0n) is 15.1. The Kier molecular flexibility index (Phi) is 4.84. The van der Waals surface area contributed by atoms with Crippen molar-refractivity contribution in [3.05, 3.63) is 29.8 Å². The van der Waals surface area contributed by atoms with Gasteiger partial charge in [0.15, 0.2) is 0 Å². The van der Waals surface area contributed by atoms with Crippen LogP contribution < -0.4 is 9.46 Å². The number of nitrogens with one attached hydrogen (secondary N) is 1. The highest BCUT2D eigenvalue weighted by atomic mass is 32.2. The number of Topliss-reactive ketones (excluding diaryl/α,β-unsaturated/α-hetero) is 1. The number of ether oxygens (including phenoxy) is 1. The lowest BCUT2D eigenvalue weighted by atomic mass is 9.70. The van der Waals surface area contributed by atoms with Crippen LogP contribution in [0.15, 0.2) is 24.3 Å². The summed E-state index contributed by atoms with van der Waals surface area (Å²) in [6.45, 7) is 4.32. The predicted molar refractivity (Wildman–Crippen MR) is 97.0 cm³/mol. The third-order valence-corrected chi connectivity index (χ3v) is 7.75. The average molecular weight is 376 g/mol. The number of carbonyl (C=O) groups excluding carboxylic acids is 1. The van der Waals surface area contributed by atoms with E-state index in [0.29, 0.717) is 30.1 Å². The second-order valence-electron chi connectivity index (χ2n) is 7.81. The van der Waals surface area contributed by atoms with E-state index >= 15 is 0 Å². The predicted octanol–water partition coefficient (Wildman–Crippen LogP) is 2.25. The molecule has 140 valence electrons. The minimum atomic E-state index is -3.58. The summed E-state index contributed by atoms with van der Waals surface area (Å²) < 4.78 is 33.1. The molecule has 1 aromatic carbocycles. The molecule has 26 heavy (non-hydrogen) atoms. The molecule has 0 amide bonds. The van der Waals surface area contributed by atoms with Gasteiger partial charge in [-0.15, -0.1) is 0 Å². The lowest BCUT2D eigenvalue weighted by Crippen LogP contribution is -2.45. The van der Waals surface area contributed by atoms with Crippen molar-refractivity contribution in [2.45, 2.75) is 33.1 Å². The average Bonchev–Trinajstić information content (AvgIpc) is 2.93. The minimum absolute atomic E-state index is 0.0914. The minimum Gasteiger partial charge on any atom is -0.492 e. The molecule has 2 bridgehead atoms. The van der Waals surface area contributed by atoms with Gasteiger partial charge < -0.3 is 4.74 Å². The van der Waals surface area contributed by atoms with Crippen LogP contribution in [-0.2, 0) is 14.8 Å². The number of benzene rings is 1. The Hall–Kier alpha value is -1.91. The fraction of sp³-hybridized carbons (Fsp3) is 0.579. The van der Waals surface area contributed by atoms with Gasteiger partial charge in [-0.3, -0.25) is 4.79 Å². The van der Waals surface area contributed by atoms with E-state index < -0.39 is 15.4 Å². The SMILES string of the molecule is CC1(C)C2CC[C@@]1(CS(=O)(=O)NCCOc1cccc(C#N)c1)C(=O)C2. The fourth-order valence-corrected chi connectivity index (χ4v) is 6.33. The van der Waals surface area contributed by atoms with Crippen LogP contribution >= 0.6 is 0 Å². The monoisotopic (exact) mass is 376 g/mol. The van der Waals surface area contributed by atoms with Gasteiger partial charge in [0.05, 0.1) is 17.4 Å². The highest BCUT2D eigenvalue weighted by Crippen LogP contribution is 2.64. The standard InChI is InChI=1S/C19H24N2O4S/c1-18(2)15-6-7-19(18,17(22)11-15)13-26(23,24)21-8-9-25-16-5-3-4-14(10-16)12-20/h3-5,10,15,21H,6-9,11,13H2,1-2H3/t15?,19-/m1/s1. The van der Waals surface area contributed by atoms with Crippen molar-refractivity contribution < 1.29 is 17.9 Å². The van der Waals surface area contributed by atoms with Crippen LogP contribution in [0.1, 0.15) is 38.7 Å². The molecule has 2 aliphatic rings. The zero-order valence-corrected chi connectivity index (χ0v) is 15.9. The Morgan fingerprint density at radius 1 is 1.38 bits per heavy atom. The zero-order chi connectivity index (χ0) is 19.0. The summed E-state index contributed by atoms with van der Waals surface area (Å²) in [5, 5.41) is 8.87. The van der Waals surface area contributed by atoms with Gasteiger partial charge in [-0.05, 0) is 42.4 Å². The third-order valence-electron chi connectivity index (χ3n) is 6.23. The molecule has 1 N–H and O–H groups in total. The van der Waals surface area contributed by atoms with Crippen LogP contribution in [0.5, 0.6) is 5.75 Å². The van der Waals surface area contributed by atoms with E-state index in [1.165, 1.54) is 0 Å². The number of carbonyl (C=O) groups is 1. The molecule has 0 saturated heterocycles. The van der Waals surface area contributed by atoms with Gasteiger partial charge in [-0.2, -0.15) is 5.26 Å². The van der Waals surface area contributed by atoms with E-state index in [-0.39, 0.29) is 30.1 Å². The van der Waals surface area contributed by atoms with Gasteiger partial charge in [0.25, 0.3) is 0 Å². The van der Waals surface area contributed by atoms with Crippen LogP contribution in [0, 0.1) is 28.1 Å². The van der Waals surface area contributed by atoms with E-state index in [1.807, 2.05) is 19.9 Å². The molecular weight excluding hydrogens is 352 g/mol. The van der Waals surface area contributed by atoms with Crippen LogP contribution in [0.4, 0.5) is 0 Å². The van der Waals surface area contributed by atoms with E-state index in [0.717, 1.165) is 6.42 Å². The first kappa shape index (κ1) is 18.9. The molecule has 2 aliphatic carbocycles.